The summed E-state index contributed by atoms with van der Waals surface area (Å²) in [6.45, 7) is 9.42. The summed E-state index contributed by atoms with van der Waals surface area (Å²) in [5.74, 6) is -4.77. The number of methoxy groups -OCH3 is 1. The zero-order valence-corrected chi connectivity index (χ0v) is 17.7. The van der Waals surface area contributed by atoms with E-state index in [1.807, 2.05) is 0 Å². The van der Waals surface area contributed by atoms with Gasteiger partial charge in [0.05, 0.1) is 24.9 Å². The average Bonchev–Trinajstić information content (AvgIpc) is 2.64. The molecule has 29 heavy (non-hydrogen) atoms. The van der Waals surface area contributed by atoms with Crippen LogP contribution in [0.1, 0.15) is 41.5 Å². The van der Waals surface area contributed by atoms with E-state index in [4.69, 9.17) is 18.9 Å². The van der Waals surface area contributed by atoms with Crippen LogP contribution < -0.4 is 0 Å². The van der Waals surface area contributed by atoms with Crippen LogP contribution in [0.5, 0.6) is 0 Å². The van der Waals surface area contributed by atoms with Gasteiger partial charge in [0.1, 0.15) is 0 Å². The predicted molar refractivity (Wildman–Crippen MR) is 97.0 cm³/mol. The van der Waals surface area contributed by atoms with Gasteiger partial charge >= 0.3 is 23.9 Å². The van der Waals surface area contributed by atoms with Crippen LogP contribution in [-0.2, 0) is 42.9 Å². The molecule has 1 saturated heterocycles. The Balaban J connectivity index is 3.37. The molecule has 0 radical (unpaired) electrons. The van der Waals surface area contributed by atoms with E-state index in [1.165, 1.54) is 0 Å². The molecule has 1 rings (SSSR count). The van der Waals surface area contributed by atoms with E-state index in [9.17, 15) is 24.3 Å². The van der Waals surface area contributed by atoms with Crippen molar-refractivity contribution >= 4 is 23.9 Å². The summed E-state index contributed by atoms with van der Waals surface area (Å²) in [5.41, 5.74) is 0. The molecule has 5 atom stereocenters. The summed E-state index contributed by atoms with van der Waals surface area (Å²) in [4.78, 5) is 48.7. The van der Waals surface area contributed by atoms with Gasteiger partial charge in [0.2, 0.25) is 0 Å². The first-order valence-corrected chi connectivity index (χ1v) is 9.43. The minimum Gasteiger partial charge on any atom is -0.467 e. The molecule has 0 unspecified atom stereocenters. The Kier molecular flexibility index (Phi) is 9.03. The molecular weight excluding hydrogens is 388 g/mol. The second-order valence-corrected chi connectivity index (χ2v) is 7.64. The molecule has 166 valence electrons. The number of rotatable bonds is 7. The molecule has 0 saturated carbocycles. The number of aliphatic hydroxyl groups is 1. The number of esters is 4. The highest BCUT2D eigenvalue weighted by Crippen LogP contribution is 2.30. The molecule has 1 heterocycles. The number of carbonyl (C=O) groups excluding carboxylic acids is 4. The highest BCUT2D eigenvalue weighted by atomic mass is 16.7. The van der Waals surface area contributed by atoms with E-state index >= 15 is 0 Å². The van der Waals surface area contributed by atoms with Crippen molar-refractivity contribution in [2.45, 2.75) is 72.2 Å². The second-order valence-electron chi connectivity index (χ2n) is 7.64. The fraction of sp³-hybridized carbons (Fsp3) is 0.789. The quantitative estimate of drug-likeness (QED) is 0.462. The van der Waals surface area contributed by atoms with Crippen molar-refractivity contribution in [1.29, 1.82) is 0 Å². The van der Waals surface area contributed by atoms with Crippen molar-refractivity contribution in [3.05, 3.63) is 0 Å². The van der Waals surface area contributed by atoms with E-state index < -0.39 is 72.3 Å². The van der Waals surface area contributed by atoms with Crippen LogP contribution in [0.15, 0.2) is 0 Å². The summed E-state index contributed by atoms with van der Waals surface area (Å²) >= 11 is 0. The Morgan fingerprint density at radius 2 is 1.10 bits per heavy atom. The normalized spacial score (nSPS) is 26.9. The molecule has 1 aliphatic rings. The van der Waals surface area contributed by atoms with Gasteiger partial charge in [-0.15, -0.1) is 0 Å². The van der Waals surface area contributed by atoms with Crippen LogP contribution in [0.25, 0.3) is 0 Å². The van der Waals surface area contributed by atoms with E-state index in [2.05, 4.69) is 4.74 Å². The summed E-state index contributed by atoms with van der Waals surface area (Å²) < 4.78 is 25.9. The maximum atomic E-state index is 12.3. The van der Waals surface area contributed by atoms with Crippen molar-refractivity contribution in [3.8, 4) is 0 Å². The third-order valence-corrected chi connectivity index (χ3v) is 4.12. The Labute approximate surface area is 169 Å². The van der Waals surface area contributed by atoms with Gasteiger partial charge in [0.15, 0.2) is 30.7 Å². The van der Waals surface area contributed by atoms with Gasteiger partial charge in [-0.25, -0.2) is 4.79 Å². The molecule has 1 fully saturated rings. The van der Waals surface area contributed by atoms with E-state index in [1.54, 1.807) is 41.5 Å². The minimum absolute atomic E-state index is 0.557. The first-order valence-electron chi connectivity index (χ1n) is 9.43. The lowest BCUT2D eigenvalue weighted by Crippen LogP contribution is -2.63. The lowest BCUT2D eigenvalue weighted by atomic mass is 9.97. The maximum absolute atomic E-state index is 12.3. The summed E-state index contributed by atoms with van der Waals surface area (Å²) in [5, 5.41) is 10.4. The van der Waals surface area contributed by atoms with Crippen molar-refractivity contribution < 1.29 is 48.0 Å². The molecular formula is C19H30O10. The molecule has 0 aliphatic carbocycles. The van der Waals surface area contributed by atoms with Crippen LogP contribution in [0, 0.1) is 17.8 Å². The Morgan fingerprint density at radius 1 is 0.724 bits per heavy atom. The Bertz CT molecular complexity index is 612. The van der Waals surface area contributed by atoms with Crippen molar-refractivity contribution in [1.82, 2.24) is 0 Å². The lowest BCUT2D eigenvalue weighted by molar-refractivity contribution is -0.292. The van der Waals surface area contributed by atoms with Crippen LogP contribution in [-0.4, -0.2) is 66.8 Å². The number of hydrogen-bond acceptors (Lipinski definition) is 10. The standard InChI is InChI=1S/C19H30O10/c1-8(2)15(20)26-11-12(27-16(21)9(3)4)14(28-17(22)10(5)6)19(24)29-13(11)18(23)25-7/h8-14,19,24H,1-7H3/t11-,12-,13-,14+,19+/m0/s1. The van der Waals surface area contributed by atoms with Gasteiger partial charge in [-0.2, -0.15) is 0 Å². The van der Waals surface area contributed by atoms with Gasteiger partial charge in [-0.05, 0) is 0 Å². The monoisotopic (exact) mass is 418 g/mol. The fourth-order valence-electron chi connectivity index (χ4n) is 2.33. The Morgan fingerprint density at radius 3 is 1.48 bits per heavy atom. The van der Waals surface area contributed by atoms with Crippen LogP contribution >= 0.6 is 0 Å². The van der Waals surface area contributed by atoms with Gasteiger partial charge < -0.3 is 28.8 Å². The molecule has 0 aromatic heterocycles. The summed E-state index contributed by atoms with van der Waals surface area (Å²) in [6, 6.07) is 0. The van der Waals surface area contributed by atoms with Crippen LogP contribution in [0.3, 0.4) is 0 Å². The molecule has 1 aliphatic heterocycles. The number of carbonyl (C=O) groups is 4. The molecule has 10 heteroatoms. The van der Waals surface area contributed by atoms with Crippen molar-refractivity contribution in [2.24, 2.45) is 17.8 Å². The lowest BCUT2D eigenvalue weighted by Gasteiger charge is -2.42. The average molecular weight is 418 g/mol. The zero-order chi connectivity index (χ0) is 22.5. The predicted octanol–water partition coefficient (Wildman–Crippen LogP) is 0.580. The zero-order valence-electron chi connectivity index (χ0n) is 17.7. The first kappa shape index (κ1) is 24.8. The fourth-order valence-corrected chi connectivity index (χ4v) is 2.33. The largest absolute Gasteiger partial charge is 0.467 e. The maximum Gasteiger partial charge on any atom is 0.339 e. The van der Waals surface area contributed by atoms with Crippen molar-refractivity contribution in [3.63, 3.8) is 0 Å². The van der Waals surface area contributed by atoms with E-state index in [0.29, 0.717) is 0 Å². The topological polar surface area (TPSA) is 135 Å². The third kappa shape index (κ3) is 6.40. The van der Waals surface area contributed by atoms with E-state index in [-0.39, 0.29) is 0 Å². The first-order chi connectivity index (χ1) is 13.4. The van der Waals surface area contributed by atoms with Gasteiger partial charge in [0.25, 0.3) is 0 Å². The SMILES string of the molecule is COC(=O)[C@H]1O[C@@H](O)[C@H](OC(=O)C(C)C)[C@@H](OC(=O)C(C)C)[C@@H]1OC(=O)C(C)C. The molecule has 0 spiro atoms. The number of hydrogen-bond donors (Lipinski definition) is 1. The van der Waals surface area contributed by atoms with E-state index in [0.717, 1.165) is 7.11 Å². The Hall–Kier alpha value is -2.20. The van der Waals surface area contributed by atoms with Gasteiger partial charge in [-0.3, -0.25) is 14.4 Å². The minimum atomic E-state index is -1.82. The molecule has 1 N–H and O–H groups in total. The number of aliphatic hydroxyl groups excluding tert-OH is 1. The smallest absolute Gasteiger partial charge is 0.339 e. The van der Waals surface area contributed by atoms with Crippen LogP contribution in [0.2, 0.25) is 0 Å². The van der Waals surface area contributed by atoms with Crippen molar-refractivity contribution in [2.75, 3.05) is 7.11 Å². The van der Waals surface area contributed by atoms with Gasteiger partial charge in [-0.1, -0.05) is 41.5 Å². The second kappa shape index (κ2) is 10.5. The summed E-state index contributed by atoms with van der Waals surface area (Å²) in [6.07, 6.45) is -7.90. The summed E-state index contributed by atoms with van der Waals surface area (Å²) in [7, 11) is 1.08. The molecule has 0 aromatic carbocycles. The highest BCUT2D eigenvalue weighted by molar-refractivity contribution is 5.78. The van der Waals surface area contributed by atoms with Gasteiger partial charge in [0, 0.05) is 0 Å². The number of ether oxygens (including phenoxy) is 5. The molecule has 0 amide bonds. The molecule has 10 nitrogen and oxygen atoms in total. The molecule has 0 bridgehead atoms. The highest BCUT2D eigenvalue weighted by Gasteiger charge is 2.55. The van der Waals surface area contributed by atoms with Crippen LogP contribution in [0.4, 0.5) is 0 Å². The molecule has 0 aromatic rings. The third-order valence-electron chi connectivity index (χ3n) is 4.12.